The van der Waals surface area contributed by atoms with Gasteiger partial charge in [0, 0.05) is 12.7 Å². The third-order valence-corrected chi connectivity index (χ3v) is 2.71. The Labute approximate surface area is 104 Å². The van der Waals surface area contributed by atoms with E-state index in [2.05, 4.69) is 4.98 Å². The van der Waals surface area contributed by atoms with Crippen molar-refractivity contribution in [2.24, 2.45) is 0 Å². The minimum Gasteiger partial charge on any atom is -0.376 e. The maximum Gasteiger partial charge on any atom is 0.273 e. The molecular weight excluding hydrogens is 242 g/mol. The van der Waals surface area contributed by atoms with Gasteiger partial charge in [0.15, 0.2) is 0 Å². The number of ether oxygens (including phenoxy) is 1. The Kier molecular flexibility index (Phi) is 3.57. The maximum atomic E-state index is 12.1. The average molecular weight is 252 g/mol. The molecule has 1 aromatic rings. The molecule has 1 atom stereocenters. The minimum absolute atomic E-state index is 0.246. The van der Waals surface area contributed by atoms with Crippen molar-refractivity contribution in [2.45, 2.75) is 6.04 Å². The largest absolute Gasteiger partial charge is 0.376 e. The van der Waals surface area contributed by atoms with E-state index in [1.165, 1.54) is 11.1 Å². The van der Waals surface area contributed by atoms with Gasteiger partial charge in [-0.1, -0.05) is 11.6 Å². The fourth-order valence-corrected chi connectivity index (χ4v) is 1.71. The van der Waals surface area contributed by atoms with Crippen LogP contribution >= 0.6 is 11.6 Å². The van der Waals surface area contributed by atoms with Crippen LogP contribution in [0.25, 0.3) is 0 Å². The van der Waals surface area contributed by atoms with Gasteiger partial charge in [-0.05, 0) is 12.1 Å². The molecular formula is C11H10ClN3O2. The summed E-state index contributed by atoms with van der Waals surface area (Å²) in [7, 11) is 0. The quantitative estimate of drug-likeness (QED) is 0.750. The minimum atomic E-state index is -0.547. The highest BCUT2D eigenvalue weighted by atomic mass is 35.5. The molecule has 0 saturated carbocycles. The summed E-state index contributed by atoms with van der Waals surface area (Å²) in [4.78, 5) is 17.5. The molecule has 0 spiro atoms. The summed E-state index contributed by atoms with van der Waals surface area (Å²) < 4.78 is 5.15. The zero-order valence-electron chi connectivity index (χ0n) is 8.97. The van der Waals surface area contributed by atoms with Gasteiger partial charge < -0.3 is 9.64 Å². The third-order valence-electron chi connectivity index (χ3n) is 2.48. The standard InChI is InChI=1S/C11H10ClN3O2/c12-8-1-2-10(14-6-8)11(16)15-3-4-17-7-9(15)5-13/h1-2,6,9H,3-4,7H2/t9-/m1/s1. The first kappa shape index (κ1) is 11.8. The van der Waals surface area contributed by atoms with E-state index in [4.69, 9.17) is 21.6 Å². The Morgan fingerprint density at radius 1 is 1.65 bits per heavy atom. The van der Waals surface area contributed by atoms with Crippen molar-refractivity contribution in [1.82, 2.24) is 9.88 Å². The first-order valence-electron chi connectivity index (χ1n) is 5.12. The van der Waals surface area contributed by atoms with E-state index < -0.39 is 6.04 Å². The maximum absolute atomic E-state index is 12.1. The van der Waals surface area contributed by atoms with Gasteiger partial charge in [-0.3, -0.25) is 4.79 Å². The molecule has 6 heteroatoms. The van der Waals surface area contributed by atoms with Gasteiger partial charge in [-0.15, -0.1) is 0 Å². The van der Waals surface area contributed by atoms with E-state index in [1.54, 1.807) is 12.1 Å². The first-order valence-corrected chi connectivity index (χ1v) is 5.50. The number of morpholine rings is 1. The summed E-state index contributed by atoms with van der Waals surface area (Å²) in [6.07, 6.45) is 1.41. The van der Waals surface area contributed by atoms with Gasteiger partial charge in [-0.25, -0.2) is 4.98 Å². The molecule has 1 aromatic heterocycles. The smallest absolute Gasteiger partial charge is 0.273 e. The van der Waals surface area contributed by atoms with Crippen LogP contribution in [0.5, 0.6) is 0 Å². The lowest BCUT2D eigenvalue weighted by Gasteiger charge is -2.30. The Morgan fingerprint density at radius 3 is 3.12 bits per heavy atom. The van der Waals surface area contributed by atoms with Crippen molar-refractivity contribution >= 4 is 17.5 Å². The molecule has 0 aromatic carbocycles. The molecule has 1 saturated heterocycles. The second kappa shape index (κ2) is 5.13. The number of carbonyl (C=O) groups is 1. The van der Waals surface area contributed by atoms with Gasteiger partial charge in [0.2, 0.25) is 0 Å². The molecule has 5 nitrogen and oxygen atoms in total. The van der Waals surface area contributed by atoms with Crippen LogP contribution in [0.4, 0.5) is 0 Å². The monoisotopic (exact) mass is 251 g/mol. The number of hydrogen-bond acceptors (Lipinski definition) is 4. The van der Waals surface area contributed by atoms with Crippen molar-refractivity contribution < 1.29 is 9.53 Å². The molecule has 0 radical (unpaired) electrons. The molecule has 88 valence electrons. The summed E-state index contributed by atoms with van der Waals surface area (Å²) in [5, 5.41) is 9.41. The molecule has 0 N–H and O–H groups in total. The summed E-state index contributed by atoms with van der Waals surface area (Å²) in [6.45, 7) is 1.09. The third kappa shape index (κ3) is 2.54. The Balaban J connectivity index is 2.18. The molecule has 2 heterocycles. The van der Waals surface area contributed by atoms with Crippen LogP contribution in [0.1, 0.15) is 10.5 Å². The highest BCUT2D eigenvalue weighted by Gasteiger charge is 2.28. The van der Waals surface area contributed by atoms with Crippen molar-refractivity contribution in [1.29, 1.82) is 5.26 Å². The number of pyridine rings is 1. The zero-order chi connectivity index (χ0) is 12.3. The van der Waals surface area contributed by atoms with Crippen LogP contribution in [-0.4, -0.2) is 41.6 Å². The number of carbonyl (C=O) groups excluding carboxylic acids is 1. The average Bonchev–Trinajstić information content (AvgIpc) is 2.39. The highest BCUT2D eigenvalue weighted by Crippen LogP contribution is 2.12. The Morgan fingerprint density at radius 2 is 2.47 bits per heavy atom. The van der Waals surface area contributed by atoms with Crippen molar-refractivity contribution in [3.05, 3.63) is 29.0 Å². The van der Waals surface area contributed by atoms with Crippen LogP contribution in [0.15, 0.2) is 18.3 Å². The summed E-state index contributed by atoms with van der Waals surface area (Å²) in [5.41, 5.74) is 0.288. The van der Waals surface area contributed by atoms with Crippen molar-refractivity contribution in [3.8, 4) is 6.07 Å². The number of rotatable bonds is 1. The fraction of sp³-hybridized carbons (Fsp3) is 0.364. The summed E-state index contributed by atoms with van der Waals surface area (Å²) in [5.74, 6) is -0.267. The molecule has 1 aliphatic heterocycles. The highest BCUT2D eigenvalue weighted by molar-refractivity contribution is 6.30. The van der Waals surface area contributed by atoms with E-state index in [0.717, 1.165) is 0 Å². The molecule has 2 rings (SSSR count). The van der Waals surface area contributed by atoms with Crippen LogP contribution in [-0.2, 0) is 4.74 Å². The lowest BCUT2D eigenvalue weighted by atomic mass is 10.2. The van der Waals surface area contributed by atoms with Crippen LogP contribution < -0.4 is 0 Å². The van der Waals surface area contributed by atoms with Gasteiger partial charge in [0.1, 0.15) is 11.7 Å². The predicted molar refractivity (Wildman–Crippen MR) is 60.5 cm³/mol. The lowest BCUT2D eigenvalue weighted by Crippen LogP contribution is -2.48. The van der Waals surface area contributed by atoms with Gasteiger partial charge in [0.05, 0.1) is 24.3 Å². The molecule has 1 aliphatic rings. The summed E-state index contributed by atoms with van der Waals surface area (Å²) >= 11 is 5.70. The topological polar surface area (TPSA) is 66.2 Å². The van der Waals surface area contributed by atoms with Gasteiger partial charge >= 0.3 is 0 Å². The fourth-order valence-electron chi connectivity index (χ4n) is 1.60. The van der Waals surface area contributed by atoms with Crippen molar-refractivity contribution in [3.63, 3.8) is 0 Å². The number of hydrogen-bond donors (Lipinski definition) is 0. The van der Waals surface area contributed by atoms with E-state index in [9.17, 15) is 4.79 Å². The lowest BCUT2D eigenvalue weighted by molar-refractivity contribution is 0.0129. The molecule has 0 unspecified atom stereocenters. The second-order valence-corrected chi connectivity index (χ2v) is 4.02. The van der Waals surface area contributed by atoms with Gasteiger partial charge in [0.25, 0.3) is 5.91 Å². The van der Waals surface area contributed by atoms with E-state index in [0.29, 0.717) is 18.2 Å². The number of nitrogens with zero attached hydrogens (tertiary/aromatic N) is 3. The SMILES string of the molecule is N#C[C@@H]1COCCN1C(=O)c1ccc(Cl)cn1. The molecule has 1 amide bonds. The molecule has 1 fully saturated rings. The van der Waals surface area contributed by atoms with E-state index >= 15 is 0 Å². The molecule has 0 bridgehead atoms. The van der Waals surface area contributed by atoms with Crippen LogP contribution in [0.2, 0.25) is 5.02 Å². The van der Waals surface area contributed by atoms with Crippen LogP contribution in [0, 0.1) is 11.3 Å². The number of halogens is 1. The summed E-state index contributed by atoms with van der Waals surface area (Å²) in [6, 6.07) is 4.65. The Bertz CT molecular complexity index is 455. The number of amides is 1. The molecule has 0 aliphatic carbocycles. The Hall–Kier alpha value is -1.64. The predicted octanol–water partition coefficient (Wildman–Crippen LogP) is 1.10. The second-order valence-electron chi connectivity index (χ2n) is 3.58. The zero-order valence-corrected chi connectivity index (χ0v) is 9.72. The normalized spacial score (nSPS) is 19.8. The van der Waals surface area contributed by atoms with E-state index in [-0.39, 0.29) is 18.2 Å². The molecule has 17 heavy (non-hydrogen) atoms. The first-order chi connectivity index (χ1) is 8.22. The number of aromatic nitrogens is 1. The number of nitriles is 1. The van der Waals surface area contributed by atoms with Crippen LogP contribution in [0.3, 0.4) is 0 Å². The van der Waals surface area contributed by atoms with Crippen molar-refractivity contribution in [2.75, 3.05) is 19.8 Å². The van der Waals surface area contributed by atoms with E-state index in [1.807, 2.05) is 6.07 Å². The van der Waals surface area contributed by atoms with Gasteiger partial charge in [-0.2, -0.15) is 5.26 Å².